The van der Waals surface area contributed by atoms with Crippen LogP contribution in [-0.2, 0) is 28.7 Å². The van der Waals surface area contributed by atoms with Crippen molar-refractivity contribution in [1.82, 2.24) is 34.4 Å². The summed E-state index contributed by atoms with van der Waals surface area (Å²) in [6.45, 7) is 3.97. The number of likely N-dealkylation sites (tertiary alicyclic amines) is 1. The minimum Gasteiger partial charge on any atom is -0.483 e. The average molecular weight is 641 g/mol. The van der Waals surface area contributed by atoms with E-state index in [4.69, 9.17) is 20.9 Å². The van der Waals surface area contributed by atoms with Crippen LogP contribution in [0.1, 0.15) is 41.9 Å². The molecule has 0 aliphatic carbocycles. The predicted octanol–water partition coefficient (Wildman–Crippen LogP) is 2.82. The summed E-state index contributed by atoms with van der Waals surface area (Å²) in [7, 11) is 0. The molecule has 2 amide bonds. The Morgan fingerprint density at radius 2 is 2.04 bits per heavy atom. The van der Waals surface area contributed by atoms with Crippen LogP contribution >= 0.6 is 0 Å². The van der Waals surface area contributed by atoms with Crippen molar-refractivity contribution in [3.63, 3.8) is 0 Å². The molecule has 3 aromatic heterocycles. The van der Waals surface area contributed by atoms with Gasteiger partial charge in [0.1, 0.15) is 12.6 Å². The first-order chi connectivity index (χ1) is 21.9. The van der Waals surface area contributed by atoms with Crippen molar-refractivity contribution >= 4 is 35.4 Å². The van der Waals surface area contributed by atoms with Gasteiger partial charge in [0.05, 0.1) is 23.5 Å². The van der Waals surface area contributed by atoms with Gasteiger partial charge in [0, 0.05) is 49.0 Å². The number of amides is 2. The van der Waals surface area contributed by atoms with E-state index < -0.39 is 17.9 Å². The molecule has 5 N–H and O–H groups in total. The Labute approximate surface area is 260 Å². The molecule has 4 aromatic rings. The summed E-state index contributed by atoms with van der Waals surface area (Å²) in [5.41, 5.74) is 6.63. The second-order valence-corrected chi connectivity index (χ2v) is 10.3. The summed E-state index contributed by atoms with van der Waals surface area (Å²) in [4.78, 5) is 44.4. The van der Waals surface area contributed by atoms with E-state index in [-0.39, 0.29) is 53.6 Å². The number of nitrogens with zero attached hydrogens (tertiary/aromatic N) is 7. The number of imidazole rings is 1. The maximum absolute atomic E-state index is 13.8. The zero-order chi connectivity index (χ0) is 33.6. The van der Waals surface area contributed by atoms with E-state index in [0.717, 1.165) is 17.3 Å². The number of hydrogen-bond acceptors (Lipinski definition) is 9. The molecule has 0 spiro atoms. The van der Waals surface area contributed by atoms with Gasteiger partial charge in [-0.25, -0.2) is 9.97 Å². The van der Waals surface area contributed by atoms with Gasteiger partial charge < -0.3 is 26.4 Å². The first-order valence-corrected chi connectivity index (χ1v) is 14.1. The molecule has 0 saturated carbocycles. The topological polar surface area (TPSA) is 197 Å². The van der Waals surface area contributed by atoms with Crippen molar-refractivity contribution in [2.24, 2.45) is 5.73 Å². The Morgan fingerprint density at radius 3 is 2.67 bits per heavy atom. The molecule has 4 heterocycles. The molecule has 46 heavy (non-hydrogen) atoms. The monoisotopic (exact) mass is 640 g/mol. The number of nitrogens with one attached hydrogen (secondary N) is 2. The molecular weight excluding hydrogens is 609 g/mol. The SMILES string of the molecule is CCc1cc(Nc2nccn3c(-c4cn(CC#N)nc4C(F)(F)F)cnc23)ccc1C(=O)NC(C)C(=O)N1CC[C@H](N)C1.O=CO. The maximum atomic E-state index is 13.8. The van der Waals surface area contributed by atoms with Gasteiger partial charge in [0.25, 0.3) is 12.4 Å². The van der Waals surface area contributed by atoms with Crippen molar-refractivity contribution in [2.75, 3.05) is 18.4 Å². The molecule has 1 fully saturated rings. The lowest BCUT2D eigenvalue weighted by Gasteiger charge is -2.22. The van der Waals surface area contributed by atoms with Gasteiger partial charge in [-0.3, -0.25) is 23.5 Å². The zero-order valence-corrected chi connectivity index (χ0v) is 24.8. The van der Waals surface area contributed by atoms with Crippen molar-refractivity contribution in [3.8, 4) is 17.3 Å². The van der Waals surface area contributed by atoms with Gasteiger partial charge in [-0.2, -0.15) is 23.5 Å². The number of nitriles is 1. The number of nitrogens with two attached hydrogens (primary N) is 1. The number of benzene rings is 1. The highest BCUT2D eigenvalue weighted by Gasteiger charge is 2.38. The number of hydrogen-bond donors (Lipinski definition) is 4. The zero-order valence-electron chi connectivity index (χ0n) is 24.8. The number of rotatable bonds is 8. The number of carbonyl (C=O) groups excluding carboxylic acids is 2. The summed E-state index contributed by atoms with van der Waals surface area (Å²) < 4.78 is 43.6. The van der Waals surface area contributed by atoms with Crippen molar-refractivity contribution in [3.05, 3.63) is 59.8 Å². The molecule has 1 aliphatic heterocycles. The lowest BCUT2D eigenvalue weighted by molar-refractivity contribution is -0.141. The first-order valence-electron chi connectivity index (χ1n) is 14.1. The lowest BCUT2D eigenvalue weighted by atomic mass is 10.0. The van der Waals surface area contributed by atoms with E-state index in [1.165, 1.54) is 23.0 Å². The van der Waals surface area contributed by atoms with Gasteiger partial charge in [-0.1, -0.05) is 6.92 Å². The van der Waals surface area contributed by atoms with E-state index in [0.29, 0.717) is 36.3 Å². The lowest BCUT2D eigenvalue weighted by Crippen LogP contribution is -2.46. The van der Waals surface area contributed by atoms with Gasteiger partial charge in [0.2, 0.25) is 5.91 Å². The second-order valence-electron chi connectivity index (χ2n) is 10.3. The molecule has 1 saturated heterocycles. The number of halogens is 3. The molecule has 242 valence electrons. The molecule has 2 atom stereocenters. The highest BCUT2D eigenvalue weighted by molar-refractivity contribution is 5.99. The summed E-state index contributed by atoms with van der Waals surface area (Å²) in [6.07, 6.45) is 1.84. The molecule has 17 heteroatoms. The number of anilines is 2. The molecule has 1 aromatic carbocycles. The van der Waals surface area contributed by atoms with Crippen LogP contribution in [0.4, 0.5) is 24.7 Å². The molecule has 14 nitrogen and oxygen atoms in total. The fourth-order valence-corrected chi connectivity index (χ4v) is 5.10. The molecule has 0 radical (unpaired) electrons. The minimum absolute atomic E-state index is 0.0571. The summed E-state index contributed by atoms with van der Waals surface area (Å²) in [5, 5.41) is 25.3. The first kappa shape index (κ1) is 33.4. The number of aryl methyl sites for hydroxylation is 1. The van der Waals surface area contributed by atoms with E-state index in [9.17, 15) is 22.8 Å². The van der Waals surface area contributed by atoms with Crippen LogP contribution in [0.15, 0.2) is 43.0 Å². The van der Waals surface area contributed by atoms with Gasteiger partial charge in [-0.05, 0) is 43.5 Å². The van der Waals surface area contributed by atoms with E-state index in [1.54, 1.807) is 36.1 Å². The smallest absolute Gasteiger partial charge is 0.435 e. The Kier molecular flexibility index (Phi) is 10.2. The van der Waals surface area contributed by atoms with E-state index in [2.05, 4.69) is 25.7 Å². The number of alkyl halides is 3. The van der Waals surface area contributed by atoms with Gasteiger partial charge >= 0.3 is 6.18 Å². The third kappa shape index (κ3) is 7.24. The largest absolute Gasteiger partial charge is 0.483 e. The Morgan fingerprint density at radius 1 is 1.30 bits per heavy atom. The fourth-order valence-electron chi connectivity index (χ4n) is 5.10. The number of carbonyl (C=O) groups is 3. The van der Waals surface area contributed by atoms with E-state index >= 15 is 0 Å². The summed E-state index contributed by atoms with van der Waals surface area (Å²) >= 11 is 0. The van der Waals surface area contributed by atoms with Gasteiger partial charge in [-0.15, -0.1) is 0 Å². The quantitative estimate of drug-likeness (QED) is 0.208. The Hall–Kier alpha value is -5.50. The van der Waals surface area contributed by atoms with Crippen LogP contribution in [0.2, 0.25) is 0 Å². The van der Waals surface area contributed by atoms with Crippen LogP contribution in [0, 0.1) is 11.3 Å². The van der Waals surface area contributed by atoms with E-state index in [1.807, 2.05) is 6.92 Å². The average Bonchev–Trinajstić information content (AvgIpc) is 3.75. The van der Waals surface area contributed by atoms with Crippen molar-refractivity contribution < 1.29 is 32.7 Å². The third-order valence-corrected chi connectivity index (χ3v) is 7.21. The number of aromatic nitrogens is 5. The molecule has 5 rings (SSSR count). The normalized spacial score (nSPS) is 15.1. The predicted molar refractivity (Wildman–Crippen MR) is 159 cm³/mol. The highest BCUT2D eigenvalue weighted by Crippen LogP contribution is 2.37. The van der Waals surface area contributed by atoms with Crippen LogP contribution < -0.4 is 16.4 Å². The Bertz CT molecular complexity index is 1780. The standard InChI is InChI=1S/C28H29F3N10O2.CH2O2/c1-3-17-12-19(4-5-20(17)26(42)36-16(2)27(43)39-9-6-18(33)14-39)37-24-25-35-13-22(41(25)11-8-34-24)21-15-40(10-7-32)38-23(21)28(29,30)31;2-1-3/h4-5,8,11-13,15-16,18H,3,6,9-10,14,33H2,1-2H3,(H,34,37)(H,36,42);1H,(H,2,3)/t16?,18-;/m0./s1. The van der Waals surface area contributed by atoms with Crippen molar-refractivity contribution in [2.45, 2.75) is 51.5 Å². The number of fused-ring (bicyclic) bond motifs is 1. The molecule has 1 unspecified atom stereocenters. The van der Waals surface area contributed by atoms with Crippen LogP contribution in [-0.4, -0.2) is 77.6 Å². The summed E-state index contributed by atoms with van der Waals surface area (Å²) in [5.74, 6) is -0.298. The van der Waals surface area contributed by atoms with Crippen LogP contribution in [0.3, 0.4) is 0 Å². The highest BCUT2D eigenvalue weighted by atomic mass is 19.4. The molecule has 0 bridgehead atoms. The molecule has 1 aliphatic rings. The summed E-state index contributed by atoms with van der Waals surface area (Å²) in [6, 6.07) is 6.08. The molecular formula is C29H31F3N10O4. The second kappa shape index (κ2) is 14.1. The third-order valence-electron chi connectivity index (χ3n) is 7.21. The maximum Gasteiger partial charge on any atom is 0.435 e. The number of carboxylic acid groups (broad SMARTS) is 1. The van der Waals surface area contributed by atoms with Crippen LogP contribution in [0.25, 0.3) is 16.9 Å². The fraction of sp³-hybridized carbons (Fsp3) is 0.345. The minimum atomic E-state index is -4.74. The van der Waals surface area contributed by atoms with Crippen molar-refractivity contribution in [1.29, 1.82) is 5.26 Å². The Balaban J connectivity index is 0.00000154. The van der Waals surface area contributed by atoms with Crippen LogP contribution in [0.5, 0.6) is 0 Å². The van der Waals surface area contributed by atoms with Gasteiger partial charge in [0.15, 0.2) is 17.2 Å².